The van der Waals surface area contributed by atoms with Gasteiger partial charge in [-0.15, -0.1) is 0 Å². The predicted molar refractivity (Wildman–Crippen MR) is 197 cm³/mol. The zero-order chi connectivity index (χ0) is 35.9. The molecule has 3 saturated heterocycles. The lowest BCUT2D eigenvalue weighted by atomic mass is 9.72. The molecule has 266 valence electrons. The van der Waals surface area contributed by atoms with Crippen LogP contribution in [-0.2, 0) is 22.7 Å². The van der Waals surface area contributed by atoms with Crippen LogP contribution >= 0.6 is 23.2 Å². The van der Waals surface area contributed by atoms with Crippen LogP contribution in [0.4, 0.5) is 0 Å². The first kappa shape index (κ1) is 35.1. The van der Waals surface area contributed by atoms with Crippen molar-refractivity contribution in [2.75, 3.05) is 46.9 Å². The molecule has 0 unspecified atom stereocenters. The summed E-state index contributed by atoms with van der Waals surface area (Å²) in [6.45, 7) is 9.10. The van der Waals surface area contributed by atoms with E-state index in [1.165, 1.54) is 0 Å². The summed E-state index contributed by atoms with van der Waals surface area (Å²) in [6.07, 6.45) is 3.06. The van der Waals surface area contributed by atoms with Crippen LogP contribution in [0.1, 0.15) is 36.6 Å². The van der Waals surface area contributed by atoms with Crippen LogP contribution in [0.3, 0.4) is 0 Å². The second kappa shape index (κ2) is 14.4. The molecular formula is C38H41Cl2N7O4. The maximum atomic E-state index is 11.7. The topological polar surface area (TPSA) is 122 Å². The first-order valence-electron chi connectivity index (χ1n) is 17.1. The van der Waals surface area contributed by atoms with Gasteiger partial charge in [0.2, 0.25) is 23.6 Å². The summed E-state index contributed by atoms with van der Waals surface area (Å²) in [5.41, 5.74) is 7.23. The molecule has 13 heteroatoms. The summed E-state index contributed by atoms with van der Waals surface area (Å²) in [4.78, 5) is 41.8. The zero-order valence-corrected chi connectivity index (χ0v) is 30.7. The van der Waals surface area contributed by atoms with Gasteiger partial charge in [-0.1, -0.05) is 59.6 Å². The number of aromatic nitrogens is 3. The van der Waals surface area contributed by atoms with Gasteiger partial charge in [0, 0.05) is 98.4 Å². The van der Waals surface area contributed by atoms with Gasteiger partial charge in [0.25, 0.3) is 0 Å². The largest absolute Gasteiger partial charge is 0.481 e. The summed E-state index contributed by atoms with van der Waals surface area (Å²) in [5.74, 6) is 1.20. The average Bonchev–Trinajstić information content (AvgIpc) is 3.50. The highest BCUT2D eigenvalue weighted by Gasteiger charge is 2.52. The minimum absolute atomic E-state index is 0.0852. The second-order valence-corrected chi connectivity index (χ2v) is 14.6. The van der Waals surface area contributed by atoms with Crippen LogP contribution in [0.25, 0.3) is 33.6 Å². The number of ether oxygens (including phenoxy) is 2. The number of carbonyl (C=O) groups is 2. The van der Waals surface area contributed by atoms with E-state index in [4.69, 9.17) is 42.6 Å². The maximum Gasteiger partial charge on any atom is 0.237 e. The summed E-state index contributed by atoms with van der Waals surface area (Å²) in [6, 6.07) is 13.7. The zero-order valence-electron chi connectivity index (χ0n) is 29.2. The van der Waals surface area contributed by atoms with Crippen molar-refractivity contribution in [2.45, 2.75) is 45.8 Å². The predicted octanol–water partition coefficient (Wildman–Crippen LogP) is 5.54. The van der Waals surface area contributed by atoms with Crippen LogP contribution in [0.5, 0.6) is 11.8 Å². The smallest absolute Gasteiger partial charge is 0.237 e. The van der Waals surface area contributed by atoms with Gasteiger partial charge in [-0.2, -0.15) is 0 Å². The van der Waals surface area contributed by atoms with E-state index in [2.05, 4.69) is 33.5 Å². The number of halogens is 2. The number of amides is 2. The minimum Gasteiger partial charge on any atom is -0.481 e. The van der Waals surface area contributed by atoms with E-state index in [0.717, 1.165) is 67.0 Å². The number of aryl methyl sites for hydroxylation is 1. The Bertz CT molecular complexity index is 1990. The molecule has 2 aromatic carbocycles. The van der Waals surface area contributed by atoms with E-state index in [-0.39, 0.29) is 23.3 Å². The molecule has 3 aliphatic heterocycles. The van der Waals surface area contributed by atoms with Crippen molar-refractivity contribution >= 4 is 35.0 Å². The molecule has 0 saturated carbocycles. The van der Waals surface area contributed by atoms with Gasteiger partial charge in [0.15, 0.2) is 0 Å². The number of benzene rings is 2. The number of rotatable bonds is 11. The van der Waals surface area contributed by atoms with Crippen molar-refractivity contribution in [3.8, 4) is 45.4 Å². The average molecular weight is 731 g/mol. The number of hydrogen-bond acceptors (Lipinski definition) is 9. The third kappa shape index (κ3) is 7.00. The van der Waals surface area contributed by atoms with Crippen LogP contribution in [0.2, 0.25) is 10.0 Å². The lowest BCUT2D eigenvalue weighted by molar-refractivity contribution is -0.157. The monoisotopic (exact) mass is 729 g/mol. The van der Waals surface area contributed by atoms with Crippen molar-refractivity contribution in [1.29, 1.82) is 0 Å². The van der Waals surface area contributed by atoms with Crippen molar-refractivity contribution < 1.29 is 19.1 Å². The van der Waals surface area contributed by atoms with Crippen molar-refractivity contribution in [1.82, 2.24) is 35.4 Å². The quantitative estimate of drug-likeness (QED) is 0.205. The number of pyridine rings is 1. The normalized spacial score (nSPS) is 18.0. The molecule has 2 N–H and O–H groups in total. The standard InChI is InChI=1S/C38H41Cl2N7O4/c1-22-13-30(44-36(50-3)29(22)17-46-18-38(19-46)20-47(21-38)23(2)48)27-9-5-7-25(34(27)39)26-8-6-10-28(35(26)40)31-16-42-32(37(45-31)51-4)15-41-14-24-11-12-33(49)43-24/h5-10,13,16,24,41H,11-12,14-15,17-21H2,1-4H3,(H,43,49)/t24-/m0/s1. The highest BCUT2D eigenvalue weighted by Crippen LogP contribution is 2.44. The molecule has 1 atom stereocenters. The third-order valence-corrected chi connectivity index (χ3v) is 10.9. The Balaban J connectivity index is 1.10. The van der Waals surface area contributed by atoms with Gasteiger partial charge in [0.1, 0.15) is 5.69 Å². The molecule has 51 heavy (non-hydrogen) atoms. The summed E-state index contributed by atoms with van der Waals surface area (Å²) in [5, 5.41) is 7.30. The number of carbonyl (C=O) groups excluding carboxylic acids is 2. The first-order valence-corrected chi connectivity index (χ1v) is 17.8. The van der Waals surface area contributed by atoms with Gasteiger partial charge in [-0.3, -0.25) is 19.5 Å². The molecule has 5 heterocycles. The minimum atomic E-state index is 0.0852. The third-order valence-electron chi connectivity index (χ3n) is 10.1. The SMILES string of the molecule is COc1nc(-c2cccc(-c3cccc(-c4cc(C)c(CN5CC6(C5)CN(C(C)=O)C6)c(OC)n4)c3Cl)c2Cl)cnc1CNC[C@@H]1CCC(=O)N1. The van der Waals surface area contributed by atoms with Crippen LogP contribution < -0.4 is 20.1 Å². The lowest BCUT2D eigenvalue weighted by Crippen LogP contribution is -2.72. The number of likely N-dealkylation sites (tertiary alicyclic amines) is 2. The fourth-order valence-corrected chi connectivity index (χ4v) is 8.12. The van der Waals surface area contributed by atoms with E-state index in [1.807, 2.05) is 41.3 Å². The van der Waals surface area contributed by atoms with Crippen LogP contribution in [-0.4, -0.2) is 89.6 Å². The first-order chi connectivity index (χ1) is 24.6. The Morgan fingerprint density at radius 3 is 2.20 bits per heavy atom. The molecule has 3 aliphatic rings. The van der Waals surface area contributed by atoms with Gasteiger partial charge in [0.05, 0.1) is 41.8 Å². The van der Waals surface area contributed by atoms with Crippen molar-refractivity contribution in [2.24, 2.45) is 5.41 Å². The van der Waals surface area contributed by atoms with Gasteiger partial charge in [-0.25, -0.2) is 9.97 Å². The molecule has 0 bridgehead atoms. The number of hydrogen-bond donors (Lipinski definition) is 2. The summed E-state index contributed by atoms with van der Waals surface area (Å²) >= 11 is 14.3. The van der Waals surface area contributed by atoms with Gasteiger partial charge >= 0.3 is 0 Å². The highest BCUT2D eigenvalue weighted by atomic mass is 35.5. The molecule has 3 fully saturated rings. The Kier molecular flexibility index (Phi) is 9.91. The van der Waals surface area contributed by atoms with E-state index >= 15 is 0 Å². The van der Waals surface area contributed by atoms with E-state index in [1.54, 1.807) is 27.3 Å². The molecule has 4 aromatic rings. The Hall–Kier alpha value is -4.29. The number of methoxy groups -OCH3 is 2. The molecular weight excluding hydrogens is 689 g/mol. The van der Waals surface area contributed by atoms with Gasteiger partial charge in [-0.05, 0) is 25.0 Å². The Labute approximate surface area is 307 Å². The lowest BCUT2D eigenvalue weighted by Gasteiger charge is -2.60. The molecule has 0 aliphatic carbocycles. The molecule has 1 spiro atoms. The summed E-state index contributed by atoms with van der Waals surface area (Å²) < 4.78 is 11.4. The van der Waals surface area contributed by atoms with Crippen LogP contribution in [0.15, 0.2) is 48.7 Å². The van der Waals surface area contributed by atoms with E-state index < -0.39 is 0 Å². The molecule has 7 rings (SSSR count). The van der Waals surface area contributed by atoms with Crippen LogP contribution in [0, 0.1) is 12.3 Å². The Morgan fingerprint density at radius 2 is 1.59 bits per heavy atom. The Morgan fingerprint density at radius 1 is 0.961 bits per heavy atom. The summed E-state index contributed by atoms with van der Waals surface area (Å²) in [7, 11) is 3.21. The van der Waals surface area contributed by atoms with Crippen molar-refractivity contribution in [3.63, 3.8) is 0 Å². The molecule has 2 amide bonds. The molecule has 0 radical (unpaired) electrons. The highest BCUT2D eigenvalue weighted by molar-refractivity contribution is 6.39. The fourth-order valence-electron chi connectivity index (χ4n) is 7.48. The maximum absolute atomic E-state index is 11.7. The molecule has 11 nitrogen and oxygen atoms in total. The van der Waals surface area contributed by atoms with Crippen molar-refractivity contribution in [3.05, 3.63) is 75.5 Å². The van der Waals surface area contributed by atoms with E-state index in [9.17, 15) is 9.59 Å². The second-order valence-electron chi connectivity index (χ2n) is 13.8. The molecule has 2 aromatic heterocycles. The van der Waals surface area contributed by atoms with E-state index in [0.29, 0.717) is 64.0 Å². The van der Waals surface area contributed by atoms with Gasteiger partial charge < -0.3 is 25.0 Å². The number of nitrogens with one attached hydrogen (secondary N) is 2. The fraction of sp³-hybridized carbons (Fsp3) is 0.395. The number of nitrogens with zero attached hydrogens (tertiary/aromatic N) is 5.